The summed E-state index contributed by atoms with van der Waals surface area (Å²) in [6.45, 7) is 0. The molecule has 0 spiro atoms. The highest BCUT2D eigenvalue weighted by Crippen LogP contribution is 2.30. The van der Waals surface area contributed by atoms with E-state index in [1.54, 1.807) is 73.2 Å². The van der Waals surface area contributed by atoms with Crippen molar-refractivity contribution in [3.8, 4) is 11.4 Å². The first kappa shape index (κ1) is 14.6. The zero-order valence-electron chi connectivity index (χ0n) is 12.5. The molecule has 0 aliphatic rings. The second-order valence-electron chi connectivity index (χ2n) is 5.19. The zero-order chi connectivity index (χ0) is 16.6. The van der Waals surface area contributed by atoms with Crippen molar-refractivity contribution in [2.75, 3.05) is 0 Å². The van der Waals surface area contributed by atoms with E-state index < -0.39 is 10.0 Å². The van der Waals surface area contributed by atoms with E-state index in [2.05, 4.69) is 16.0 Å². The van der Waals surface area contributed by atoms with Crippen LogP contribution in [0.4, 0.5) is 0 Å². The molecule has 117 valence electrons. The van der Waals surface area contributed by atoms with Crippen LogP contribution in [-0.4, -0.2) is 22.4 Å². The summed E-state index contributed by atoms with van der Waals surface area (Å²) in [6, 6.07) is 18.2. The predicted octanol–water partition coefficient (Wildman–Crippen LogP) is 3.14. The molecule has 5 nitrogen and oxygen atoms in total. The maximum Gasteiger partial charge on any atom is 0.268 e. The van der Waals surface area contributed by atoms with E-state index in [1.807, 2.05) is 0 Å². The summed E-state index contributed by atoms with van der Waals surface area (Å²) in [5.74, 6) is 0. The fourth-order valence-electron chi connectivity index (χ4n) is 2.62. The summed E-state index contributed by atoms with van der Waals surface area (Å²) in [6.07, 6.45) is 4.77. The maximum atomic E-state index is 13.2. The highest BCUT2D eigenvalue weighted by molar-refractivity contribution is 7.90. The van der Waals surface area contributed by atoms with Crippen molar-refractivity contribution in [2.45, 2.75) is 4.90 Å². The third kappa shape index (κ3) is 2.28. The summed E-state index contributed by atoms with van der Waals surface area (Å²) in [4.78, 5) is 8.56. The molecule has 0 saturated heterocycles. The predicted molar refractivity (Wildman–Crippen MR) is 90.8 cm³/mol. The standard InChI is InChI=1S/C18H12N3O2S/c22-24(23,15-6-2-1-3-7-15)21-17(16-8-4-5-10-20-16)12-14-9-11-19-13-18(14)21/h1-3,5-13H. The Morgan fingerprint density at radius 3 is 2.62 bits per heavy atom. The number of aromatic nitrogens is 3. The molecular weight excluding hydrogens is 322 g/mol. The van der Waals surface area contributed by atoms with Crippen LogP contribution >= 0.6 is 0 Å². The van der Waals surface area contributed by atoms with Crippen molar-refractivity contribution in [1.29, 1.82) is 0 Å². The molecule has 3 heterocycles. The Hall–Kier alpha value is -2.99. The van der Waals surface area contributed by atoms with Gasteiger partial charge in [0, 0.05) is 17.8 Å². The maximum absolute atomic E-state index is 13.2. The quantitative estimate of drug-likeness (QED) is 0.577. The van der Waals surface area contributed by atoms with Gasteiger partial charge in [-0.2, -0.15) is 0 Å². The lowest BCUT2D eigenvalue weighted by molar-refractivity contribution is 0.589. The van der Waals surface area contributed by atoms with Gasteiger partial charge in [0.25, 0.3) is 10.0 Å². The molecule has 0 atom stereocenters. The lowest BCUT2D eigenvalue weighted by atomic mass is 10.2. The SMILES string of the molecule is O=S(=O)(c1ccccc1)n1c(-c2c[c]ccn2)cc2ccncc21. The van der Waals surface area contributed by atoms with Crippen LogP contribution < -0.4 is 0 Å². The lowest BCUT2D eigenvalue weighted by Crippen LogP contribution is -2.14. The average molecular weight is 334 g/mol. The largest absolute Gasteiger partial charge is 0.268 e. The van der Waals surface area contributed by atoms with Gasteiger partial charge < -0.3 is 0 Å². The highest BCUT2D eigenvalue weighted by Gasteiger charge is 2.24. The fraction of sp³-hybridized carbons (Fsp3) is 0. The smallest absolute Gasteiger partial charge is 0.262 e. The molecule has 4 rings (SSSR count). The van der Waals surface area contributed by atoms with Crippen LogP contribution in [0.1, 0.15) is 0 Å². The van der Waals surface area contributed by atoms with Gasteiger partial charge in [-0.1, -0.05) is 18.2 Å². The van der Waals surface area contributed by atoms with Crippen LogP contribution in [0.15, 0.2) is 78.1 Å². The molecule has 4 aromatic rings. The Morgan fingerprint density at radius 2 is 1.88 bits per heavy atom. The number of rotatable bonds is 3. The minimum Gasteiger partial charge on any atom is -0.262 e. The van der Waals surface area contributed by atoms with Gasteiger partial charge in [-0.3, -0.25) is 9.97 Å². The van der Waals surface area contributed by atoms with Gasteiger partial charge >= 0.3 is 0 Å². The van der Waals surface area contributed by atoms with Crippen molar-refractivity contribution < 1.29 is 8.42 Å². The number of nitrogens with zero attached hydrogens (tertiary/aromatic N) is 3. The Balaban J connectivity index is 2.08. The van der Waals surface area contributed by atoms with Gasteiger partial charge in [0.2, 0.25) is 0 Å². The third-order valence-corrected chi connectivity index (χ3v) is 5.45. The van der Waals surface area contributed by atoms with Crippen LogP contribution in [-0.2, 0) is 10.0 Å². The summed E-state index contributed by atoms with van der Waals surface area (Å²) in [5.41, 5.74) is 1.54. The van der Waals surface area contributed by atoms with Gasteiger partial charge in [-0.15, -0.1) is 0 Å². The summed E-state index contributed by atoms with van der Waals surface area (Å²) >= 11 is 0. The van der Waals surface area contributed by atoms with Crippen molar-refractivity contribution in [1.82, 2.24) is 13.9 Å². The Kier molecular flexibility index (Phi) is 3.39. The summed E-state index contributed by atoms with van der Waals surface area (Å²) in [5, 5.41) is 0.783. The molecule has 1 aromatic carbocycles. The van der Waals surface area contributed by atoms with Crippen LogP contribution in [0.2, 0.25) is 0 Å². The van der Waals surface area contributed by atoms with Crippen LogP contribution in [0, 0.1) is 6.07 Å². The van der Waals surface area contributed by atoms with E-state index in [1.165, 1.54) is 3.97 Å². The molecule has 0 saturated carbocycles. The minimum absolute atomic E-state index is 0.215. The Labute approximate surface area is 139 Å². The normalized spacial score (nSPS) is 11.7. The zero-order valence-corrected chi connectivity index (χ0v) is 13.3. The lowest BCUT2D eigenvalue weighted by Gasteiger charge is -2.11. The second-order valence-corrected chi connectivity index (χ2v) is 6.97. The van der Waals surface area contributed by atoms with Crippen molar-refractivity contribution in [3.05, 3.63) is 79.3 Å². The first-order valence-electron chi connectivity index (χ1n) is 7.26. The van der Waals surface area contributed by atoms with E-state index >= 15 is 0 Å². The Morgan fingerprint density at radius 1 is 1.04 bits per heavy atom. The monoisotopic (exact) mass is 334 g/mol. The molecule has 0 amide bonds. The van der Waals surface area contributed by atoms with Crippen LogP contribution in [0.5, 0.6) is 0 Å². The summed E-state index contributed by atoms with van der Waals surface area (Å²) in [7, 11) is -3.78. The van der Waals surface area contributed by atoms with E-state index in [9.17, 15) is 8.42 Å². The van der Waals surface area contributed by atoms with Crippen molar-refractivity contribution >= 4 is 20.9 Å². The Bertz CT molecular complexity index is 1100. The van der Waals surface area contributed by atoms with E-state index in [4.69, 9.17) is 0 Å². The highest BCUT2D eigenvalue weighted by atomic mass is 32.2. The molecule has 0 bridgehead atoms. The van der Waals surface area contributed by atoms with E-state index in [0.29, 0.717) is 16.9 Å². The number of hydrogen-bond acceptors (Lipinski definition) is 4. The molecule has 1 radical (unpaired) electrons. The molecule has 0 unspecified atom stereocenters. The average Bonchev–Trinajstić information content (AvgIpc) is 3.03. The number of pyridine rings is 2. The van der Waals surface area contributed by atoms with Crippen molar-refractivity contribution in [2.24, 2.45) is 0 Å². The fourth-order valence-corrected chi connectivity index (χ4v) is 4.15. The van der Waals surface area contributed by atoms with Gasteiger partial charge in [0.15, 0.2) is 0 Å². The first-order chi connectivity index (χ1) is 11.7. The van der Waals surface area contributed by atoms with Gasteiger partial charge in [0.05, 0.1) is 28.0 Å². The molecule has 3 aromatic heterocycles. The number of benzene rings is 1. The van der Waals surface area contributed by atoms with E-state index in [0.717, 1.165) is 5.39 Å². The van der Waals surface area contributed by atoms with Crippen molar-refractivity contribution in [3.63, 3.8) is 0 Å². The van der Waals surface area contributed by atoms with E-state index in [-0.39, 0.29) is 4.90 Å². The number of fused-ring (bicyclic) bond motifs is 1. The van der Waals surface area contributed by atoms with Gasteiger partial charge in [-0.05, 0) is 42.5 Å². The molecule has 0 fully saturated rings. The van der Waals surface area contributed by atoms with Crippen LogP contribution in [0.3, 0.4) is 0 Å². The molecule has 0 aliphatic carbocycles. The molecular formula is C18H12N3O2S. The van der Waals surface area contributed by atoms with Gasteiger partial charge in [0.1, 0.15) is 0 Å². The number of hydrogen-bond donors (Lipinski definition) is 0. The first-order valence-corrected chi connectivity index (χ1v) is 8.70. The molecule has 24 heavy (non-hydrogen) atoms. The summed E-state index contributed by atoms with van der Waals surface area (Å²) < 4.78 is 27.7. The second kappa shape index (κ2) is 5.58. The molecule has 0 aliphatic heterocycles. The third-order valence-electron chi connectivity index (χ3n) is 3.71. The minimum atomic E-state index is -3.78. The molecule has 6 heteroatoms. The topological polar surface area (TPSA) is 64.8 Å². The molecule has 0 N–H and O–H groups in total. The van der Waals surface area contributed by atoms with Crippen LogP contribution in [0.25, 0.3) is 22.3 Å². The van der Waals surface area contributed by atoms with Gasteiger partial charge in [-0.25, -0.2) is 12.4 Å².